The molecule has 2 atom stereocenters. The van der Waals surface area contributed by atoms with E-state index >= 15 is 0 Å². The maximum Gasteiger partial charge on any atom is 0.416 e. The Morgan fingerprint density at radius 3 is 2.54 bits per heavy atom. The van der Waals surface area contributed by atoms with Crippen molar-refractivity contribution >= 4 is 23.5 Å². The molecule has 2 N–H and O–H groups in total. The van der Waals surface area contributed by atoms with Crippen molar-refractivity contribution in [3.05, 3.63) is 125 Å². The number of rotatable bonds is 10. The van der Waals surface area contributed by atoms with Crippen LogP contribution >= 0.6 is 0 Å². The van der Waals surface area contributed by atoms with Gasteiger partial charge in [0.2, 0.25) is 5.91 Å². The average molecular weight is 687 g/mol. The van der Waals surface area contributed by atoms with Crippen molar-refractivity contribution in [1.29, 1.82) is 0 Å². The lowest BCUT2D eigenvalue weighted by atomic mass is 9.81. The van der Waals surface area contributed by atoms with Crippen molar-refractivity contribution in [2.24, 2.45) is 0 Å². The van der Waals surface area contributed by atoms with Gasteiger partial charge in [-0.15, -0.1) is 0 Å². The van der Waals surface area contributed by atoms with Gasteiger partial charge in [-0.05, 0) is 54.8 Å². The number of carbonyl (C=O) groups is 3. The lowest BCUT2D eigenvalue weighted by Gasteiger charge is -2.38. The van der Waals surface area contributed by atoms with Gasteiger partial charge in [0.05, 0.1) is 24.2 Å². The fourth-order valence-corrected chi connectivity index (χ4v) is 6.40. The lowest BCUT2D eigenvalue weighted by molar-refractivity contribution is -0.137. The SMILES string of the molecule is C=C(CN1CCCOC1)C(=O)NCc1cccc([C@@H]2c3cnn(-c4ccccc4)c3N(CC)C(=O)[C@H]2NC(=O)c2cccc(C(F)(F)F)c2)c1. The molecular formula is C37H37F3N6O4. The summed E-state index contributed by atoms with van der Waals surface area (Å²) in [5.41, 5.74) is 1.94. The quantitative estimate of drug-likeness (QED) is 0.227. The van der Waals surface area contributed by atoms with Crippen LogP contribution < -0.4 is 15.5 Å². The van der Waals surface area contributed by atoms with E-state index in [4.69, 9.17) is 4.74 Å². The number of fused-ring (bicyclic) bond motifs is 1. The summed E-state index contributed by atoms with van der Waals surface area (Å²) in [7, 11) is 0. The molecule has 1 aromatic heterocycles. The van der Waals surface area contributed by atoms with Gasteiger partial charge < -0.3 is 15.4 Å². The number of halogens is 3. The lowest BCUT2D eigenvalue weighted by Crippen LogP contribution is -2.55. The fraction of sp³-hybridized carbons (Fsp3) is 0.297. The number of nitrogens with zero attached hydrogens (tertiary/aromatic N) is 4. The van der Waals surface area contributed by atoms with Crippen LogP contribution in [0.15, 0.2) is 97.2 Å². The van der Waals surface area contributed by atoms with Crippen LogP contribution in [-0.2, 0) is 27.0 Å². The molecule has 2 aliphatic heterocycles. The third kappa shape index (κ3) is 7.33. The first kappa shape index (κ1) is 34.6. The number of anilines is 1. The molecule has 13 heteroatoms. The van der Waals surface area contributed by atoms with Crippen molar-refractivity contribution in [3.8, 4) is 5.69 Å². The van der Waals surface area contributed by atoms with Crippen LogP contribution in [0.5, 0.6) is 0 Å². The molecule has 6 rings (SSSR count). The summed E-state index contributed by atoms with van der Waals surface area (Å²) in [5, 5.41) is 10.3. The molecular weight excluding hydrogens is 649 g/mol. The van der Waals surface area contributed by atoms with E-state index in [1.54, 1.807) is 23.9 Å². The largest absolute Gasteiger partial charge is 0.416 e. The molecule has 260 valence electrons. The summed E-state index contributed by atoms with van der Waals surface area (Å²) in [6.07, 6.45) is -2.12. The van der Waals surface area contributed by atoms with E-state index < -0.39 is 35.5 Å². The average Bonchev–Trinajstić information content (AvgIpc) is 3.56. The molecule has 3 aromatic carbocycles. The number of amides is 3. The summed E-state index contributed by atoms with van der Waals surface area (Å²) in [6.45, 7) is 8.49. The Bertz CT molecular complexity index is 1890. The molecule has 0 bridgehead atoms. The third-order valence-corrected chi connectivity index (χ3v) is 8.82. The molecule has 3 amide bonds. The number of carbonyl (C=O) groups excluding carboxylic acids is 3. The Morgan fingerprint density at radius 2 is 1.82 bits per heavy atom. The Kier molecular flexibility index (Phi) is 10.2. The monoisotopic (exact) mass is 686 g/mol. The van der Waals surface area contributed by atoms with E-state index in [0.717, 1.165) is 42.4 Å². The van der Waals surface area contributed by atoms with Gasteiger partial charge in [0.15, 0.2) is 0 Å². The van der Waals surface area contributed by atoms with Gasteiger partial charge in [-0.25, -0.2) is 4.68 Å². The van der Waals surface area contributed by atoms with Gasteiger partial charge >= 0.3 is 6.18 Å². The van der Waals surface area contributed by atoms with Crippen molar-refractivity contribution < 1.29 is 32.3 Å². The van der Waals surface area contributed by atoms with Crippen LogP contribution in [-0.4, -0.2) is 71.4 Å². The van der Waals surface area contributed by atoms with E-state index in [1.807, 2.05) is 53.4 Å². The number of alkyl halides is 3. The molecule has 4 aromatic rings. The predicted octanol–water partition coefficient (Wildman–Crippen LogP) is 5.04. The predicted molar refractivity (Wildman–Crippen MR) is 181 cm³/mol. The molecule has 50 heavy (non-hydrogen) atoms. The molecule has 2 aliphatic rings. The number of para-hydroxylation sites is 1. The van der Waals surface area contributed by atoms with Crippen LogP contribution in [0.25, 0.3) is 5.69 Å². The second-order valence-corrected chi connectivity index (χ2v) is 12.2. The highest BCUT2D eigenvalue weighted by atomic mass is 19.4. The van der Waals surface area contributed by atoms with E-state index in [2.05, 4.69) is 22.3 Å². The molecule has 1 fully saturated rings. The first-order valence-corrected chi connectivity index (χ1v) is 16.3. The minimum atomic E-state index is -4.65. The number of benzene rings is 3. The van der Waals surface area contributed by atoms with E-state index in [-0.39, 0.29) is 24.6 Å². The number of aromatic nitrogens is 2. The van der Waals surface area contributed by atoms with Crippen molar-refractivity contribution in [2.75, 3.05) is 37.9 Å². The molecule has 3 heterocycles. The number of likely N-dealkylation sites (N-methyl/N-ethyl adjacent to an activating group) is 1. The molecule has 0 radical (unpaired) electrons. The summed E-state index contributed by atoms with van der Waals surface area (Å²) in [4.78, 5) is 44.3. The fourth-order valence-electron chi connectivity index (χ4n) is 6.40. The molecule has 0 unspecified atom stereocenters. The summed E-state index contributed by atoms with van der Waals surface area (Å²) in [6, 6.07) is 19.5. The Hall–Kier alpha value is -5.27. The summed E-state index contributed by atoms with van der Waals surface area (Å²) >= 11 is 0. The van der Waals surface area contributed by atoms with E-state index in [0.29, 0.717) is 42.4 Å². The van der Waals surface area contributed by atoms with E-state index in [9.17, 15) is 27.6 Å². The number of nitrogens with one attached hydrogen (secondary N) is 2. The second kappa shape index (κ2) is 14.7. The van der Waals surface area contributed by atoms with E-state index in [1.165, 1.54) is 11.0 Å². The zero-order chi connectivity index (χ0) is 35.4. The molecule has 0 aliphatic carbocycles. The van der Waals surface area contributed by atoms with Gasteiger partial charge in [0.25, 0.3) is 11.8 Å². The Morgan fingerprint density at radius 1 is 1.04 bits per heavy atom. The zero-order valence-corrected chi connectivity index (χ0v) is 27.5. The standard InChI is InChI=1S/C37H37F3N6O4/c1-3-45-35-30(21-42-46(35)29-14-5-4-6-15-29)31(32(36(45)49)43-34(48)27-12-8-13-28(19-27)37(38,39)40)26-11-7-10-25(18-26)20-41-33(47)24(2)22-44-16-9-17-50-23-44/h4-8,10-15,18-19,21,31-32H,2-3,9,16-17,20,22-23H2,1H3,(H,41,47)(H,43,48)/t31-,32+/m1/s1. The molecule has 0 saturated carbocycles. The van der Waals surface area contributed by atoms with Crippen molar-refractivity contribution in [2.45, 2.75) is 38.0 Å². The smallest absolute Gasteiger partial charge is 0.366 e. The van der Waals surface area contributed by atoms with Crippen molar-refractivity contribution in [3.63, 3.8) is 0 Å². The van der Waals surface area contributed by atoms with Gasteiger partial charge in [-0.3, -0.25) is 24.2 Å². The minimum Gasteiger partial charge on any atom is -0.366 e. The van der Waals surface area contributed by atoms with Gasteiger partial charge in [0.1, 0.15) is 11.9 Å². The number of ether oxygens (including phenoxy) is 1. The molecule has 1 saturated heterocycles. The topological polar surface area (TPSA) is 109 Å². The third-order valence-electron chi connectivity index (χ3n) is 8.82. The zero-order valence-electron chi connectivity index (χ0n) is 27.5. The highest BCUT2D eigenvalue weighted by Crippen LogP contribution is 2.42. The summed E-state index contributed by atoms with van der Waals surface area (Å²) in [5.74, 6) is -1.81. The van der Waals surface area contributed by atoms with Gasteiger partial charge in [-0.2, -0.15) is 18.3 Å². The Labute approximate surface area is 287 Å². The van der Waals surface area contributed by atoms with Gasteiger partial charge in [-0.1, -0.05) is 55.1 Å². The maximum absolute atomic E-state index is 14.3. The number of hydrogen-bond donors (Lipinski definition) is 2. The Balaban J connectivity index is 1.33. The maximum atomic E-state index is 14.3. The van der Waals surface area contributed by atoms with Crippen molar-refractivity contribution in [1.82, 2.24) is 25.3 Å². The van der Waals surface area contributed by atoms with Gasteiger partial charge in [0, 0.05) is 55.4 Å². The molecule has 0 spiro atoms. The first-order chi connectivity index (χ1) is 24.0. The normalized spacial score (nSPS) is 18.0. The number of hydrogen-bond acceptors (Lipinski definition) is 6. The van der Waals surface area contributed by atoms with Crippen LogP contribution in [0.1, 0.15) is 51.9 Å². The van der Waals surface area contributed by atoms with Crippen LogP contribution in [0.4, 0.5) is 19.0 Å². The highest BCUT2D eigenvalue weighted by molar-refractivity contribution is 6.05. The van der Waals surface area contributed by atoms with Crippen LogP contribution in [0.2, 0.25) is 0 Å². The van der Waals surface area contributed by atoms with Crippen LogP contribution in [0, 0.1) is 0 Å². The van der Waals surface area contributed by atoms with Crippen LogP contribution in [0.3, 0.4) is 0 Å². The second-order valence-electron chi connectivity index (χ2n) is 12.2. The minimum absolute atomic E-state index is 0.168. The highest BCUT2D eigenvalue weighted by Gasteiger charge is 2.44. The first-order valence-electron chi connectivity index (χ1n) is 16.3. The summed E-state index contributed by atoms with van der Waals surface area (Å²) < 4.78 is 47.6. The molecule has 10 nitrogen and oxygen atoms in total.